The lowest BCUT2D eigenvalue weighted by atomic mass is 10.4. The predicted molar refractivity (Wildman–Crippen MR) is 64.2 cm³/mol. The van der Waals surface area contributed by atoms with Crippen LogP contribution in [0.1, 0.15) is 12.2 Å². The van der Waals surface area contributed by atoms with Crippen molar-refractivity contribution in [1.29, 1.82) is 0 Å². The molecule has 8 heteroatoms. The third-order valence-electron chi connectivity index (χ3n) is 2.07. The Labute approximate surface area is 109 Å². The fourth-order valence-electron chi connectivity index (χ4n) is 1.17. The van der Waals surface area contributed by atoms with Crippen LogP contribution in [0, 0.1) is 0 Å². The molecule has 4 N–H and O–H groups in total. The van der Waals surface area contributed by atoms with E-state index in [0.29, 0.717) is 5.76 Å². The van der Waals surface area contributed by atoms with E-state index in [0.717, 1.165) is 0 Å². The van der Waals surface area contributed by atoms with Crippen molar-refractivity contribution in [2.45, 2.75) is 13.0 Å². The van der Waals surface area contributed by atoms with E-state index in [-0.39, 0.29) is 26.1 Å². The molecular formula is C11H15N3O5. The number of carboxylic acid groups (broad SMARTS) is 1. The summed E-state index contributed by atoms with van der Waals surface area (Å²) in [5.41, 5.74) is 0. The van der Waals surface area contributed by atoms with Crippen molar-refractivity contribution in [3.63, 3.8) is 0 Å². The number of furan rings is 1. The van der Waals surface area contributed by atoms with Gasteiger partial charge in [-0.15, -0.1) is 0 Å². The highest BCUT2D eigenvalue weighted by Crippen LogP contribution is 1.97. The van der Waals surface area contributed by atoms with Gasteiger partial charge in [0.2, 0.25) is 5.91 Å². The van der Waals surface area contributed by atoms with Crippen LogP contribution in [-0.4, -0.2) is 36.1 Å². The third-order valence-corrected chi connectivity index (χ3v) is 2.07. The Morgan fingerprint density at radius 1 is 1.21 bits per heavy atom. The van der Waals surface area contributed by atoms with Gasteiger partial charge < -0.3 is 25.5 Å². The van der Waals surface area contributed by atoms with Gasteiger partial charge in [0.25, 0.3) is 0 Å². The van der Waals surface area contributed by atoms with Crippen LogP contribution in [0.4, 0.5) is 4.79 Å². The van der Waals surface area contributed by atoms with Crippen molar-refractivity contribution in [1.82, 2.24) is 16.0 Å². The molecule has 0 aromatic carbocycles. The molecule has 1 heterocycles. The Morgan fingerprint density at radius 3 is 2.63 bits per heavy atom. The van der Waals surface area contributed by atoms with Crippen molar-refractivity contribution in [2.24, 2.45) is 0 Å². The fourth-order valence-corrected chi connectivity index (χ4v) is 1.17. The fraction of sp³-hybridized carbons (Fsp3) is 0.364. The second kappa shape index (κ2) is 7.75. The van der Waals surface area contributed by atoms with Gasteiger partial charge >= 0.3 is 12.0 Å². The summed E-state index contributed by atoms with van der Waals surface area (Å²) in [5, 5.41) is 15.6. The van der Waals surface area contributed by atoms with Crippen LogP contribution in [0.5, 0.6) is 0 Å². The highest BCUT2D eigenvalue weighted by molar-refractivity contribution is 5.84. The van der Waals surface area contributed by atoms with Crippen molar-refractivity contribution in [2.75, 3.05) is 13.1 Å². The first-order chi connectivity index (χ1) is 9.08. The summed E-state index contributed by atoms with van der Waals surface area (Å²) in [6.07, 6.45) is 1.33. The van der Waals surface area contributed by atoms with Gasteiger partial charge in [0.1, 0.15) is 5.76 Å². The number of urea groups is 1. The molecule has 1 rings (SSSR count). The van der Waals surface area contributed by atoms with E-state index < -0.39 is 17.9 Å². The van der Waals surface area contributed by atoms with Crippen molar-refractivity contribution in [3.05, 3.63) is 24.2 Å². The highest BCUT2D eigenvalue weighted by atomic mass is 16.4. The molecule has 1 aromatic rings. The largest absolute Gasteiger partial charge is 0.481 e. The minimum absolute atomic E-state index is 0.0316. The molecule has 0 unspecified atom stereocenters. The van der Waals surface area contributed by atoms with Crippen molar-refractivity contribution < 1.29 is 23.9 Å². The number of amides is 3. The van der Waals surface area contributed by atoms with E-state index in [1.807, 2.05) is 0 Å². The van der Waals surface area contributed by atoms with E-state index in [9.17, 15) is 14.4 Å². The molecule has 0 aliphatic carbocycles. The van der Waals surface area contributed by atoms with E-state index >= 15 is 0 Å². The van der Waals surface area contributed by atoms with Crippen LogP contribution in [0.15, 0.2) is 22.8 Å². The average Bonchev–Trinajstić information content (AvgIpc) is 2.86. The molecule has 0 radical (unpaired) electrons. The van der Waals surface area contributed by atoms with Gasteiger partial charge in [-0.2, -0.15) is 0 Å². The topological polar surface area (TPSA) is 121 Å². The maximum Gasteiger partial charge on any atom is 0.315 e. The summed E-state index contributed by atoms with van der Waals surface area (Å²) in [6, 6.07) is 2.90. The summed E-state index contributed by atoms with van der Waals surface area (Å²) < 4.78 is 5.01. The number of hydrogen-bond donors (Lipinski definition) is 4. The number of carboxylic acids is 1. The number of aliphatic carboxylic acids is 1. The zero-order chi connectivity index (χ0) is 14.1. The zero-order valence-corrected chi connectivity index (χ0v) is 10.1. The molecule has 0 bridgehead atoms. The summed E-state index contributed by atoms with van der Waals surface area (Å²) in [5.74, 6) is -0.847. The standard InChI is InChI=1S/C11H15N3O5/c15-9(12-4-3-10(16)17)7-14-11(18)13-6-8-2-1-5-19-8/h1-2,5H,3-4,6-7H2,(H,12,15)(H,16,17)(H2,13,14,18). The normalized spacial score (nSPS) is 9.68. The molecule has 0 fully saturated rings. The quantitative estimate of drug-likeness (QED) is 0.540. The third kappa shape index (κ3) is 6.71. The van der Waals surface area contributed by atoms with E-state index in [2.05, 4.69) is 16.0 Å². The number of hydrogen-bond acceptors (Lipinski definition) is 4. The molecule has 0 aliphatic heterocycles. The molecule has 8 nitrogen and oxygen atoms in total. The summed E-state index contributed by atoms with van der Waals surface area (Å²) >= 11 is 0. The Kier molecular flexibility index (Phi) is 5.93. The van der Waals surface area contributed by atoms with Crippen LogP contribution in [0.3, 0.4) is 0 Å². The molecule has 104 valence electrons. The lowest BCUT2D eigenvalue weighted by Gasteiger charge is -2.06. The summed E-state index contributed by atoms with van der Waals surface area (Å²) in [7, 11) is 0. The Hall–Kier alpha value is -2.51. The second-order valence-corrected chi connectivity index (χ2v) is 3.61. The molecule has 19 heavy (non-hydrogen) atoms. The predicted octanol–water partition coefficient (Wildman–Crippen LogP) is -0.330. The van der Waals surface area contributed by atoms with Gasteiger partial charge in [0.15, 0.2) is 0 Å². The van der Waals surface area contributed by atoms with Crippen LogP contribution in [-0.2, 0) is 16.1 Å². The Balaban J connectivity index is 2.09. The Bertz CT molecular complexity index is 430. The lowest BCUT2D eigenvalue weighted by molar-refractivity contribution is -0.136. The van der Waals surface area contributed by atoms with E-state index in [1.54, 1.807) is 12.1 Å². The highest BCUT2D eigenvalue weighted by Gasteiger charge is 2.06. The van der Waals surface area contributed by atoms with Crippen LogP contribution < -0.4 is 16.0 Å². The van der Waals surface area contributed by atoms with Gasteiger partial charge in [0, 0.05) is 6.54 Å². The van der Waals surface area contributed by atoms with Gasteiger partial charge in [-0.1, -0.05) is 0 Å². The molecule has 0 aliphatic rings. The first-order valence-corrected chi connectivity index (χ1v) is 5.60. The summed E-state index contributed by atoms with van der Waals surface area (Å²) in [6.45, 7) is 0.0347. The van der Waals surface area contributed by atoms with Gasteiger partial charge in [-0.3, -0.25) is 9.59 Å². The van der Waals surface area contributed by atoms with Gasteiger partial charge in [0.05, 0.1) is 25.8 Å². The lowest BCUT2D eigenvalue weighted by Crippen LogP contribution is -2.42. The maximum absolute atomic E-state index is 11.3. The average molecular weight is 269 g/mol. The molecular weight excluding hydrogens is 254 g/mol. The number of carbonyl (C=O) groups excluding carboxylic acids is 2. The van der Waals surface area contributed by atoms with Crippen molar-refractivity contribution in [3.8, 4) is 0 Å². The molecule has 0 atom stereocenters. The van der Waals surface area contributed by atoms with Crippen LogP contribution in [0.25, 0.3) is 0 Å². The molecule has 0 saturated carbocycles. The molecule has 0 saturated heterocycles. The maximum atomic E-state index is 11.3. The van der Waals surface area contributed by atoms with Gasteiger partial charge in [-0.25, -0.2) is 4.79 Å². The second-order valence-electron chi connectivity index (χ2n) is 3.61. The van der Waals surface area contributed by atoms with E-state index in [4.69, 9.17) is 9.52 Å². The summed E-state index contributed by atoms with van der Waals surface area (Å²) in [4.78, 5) is 32.7. The van der Waals surface area contributed by atoms with Crippen LogP contribution >= 0.6 is 0 Å². The minimum Gasteiger partial charge on any atom is -0.481 e. The number of nitrogens with one attached hydrogen (secondary N) is 3. The Morgan fingerprint density at radius 2 is 2.00 bits per heavy atom. The van der Waals surface area contributed by atoms with Gasteiger partial charge in [-0.05, 0) is 12.1 Å². The smallest absolute Gasteiger partial charge is 0.315 e. The number of carbonyl (C=O) groups is 3. The van der Waals surface area contributed by atoms with Crippen molar-refractivity contribution >= 4 is 17.9 Å². The first-order valence-electron chi connectivity index (χ1n) is 5.60. The number of rotatable bonds is 7. The monoisotopic (exact) mass is 269 g/mol. The molecule has 0 spiro atoms. The first kappa shape index (κ1) is 14.6. The zero-order valence-electron chi connectivity index (χ0n) is 10.1. The molecule has 1 aromatic heterocycles. The molecule has 3 amide bonds. The minimum atomic E-state index is -0.996. The van der Waals surface area contributed by atoms with Crippen LogP contribution in [0.2, 0.25) is 0 Å². The SMILES string of the molecule is O=C(O)CCNC(=O)CNC(=O)NCc1ccco1. The van der Waals surface area contributed by atoms with E-state index in [1.165, 1.54) is 6.26 Å².